The summed E-state index contributed by atoms with van der Waals surface area (Å²) in [5.74, 6) is 0.0639. The zero-order valence-electron chi connectivity index (χ0n) is 10.3. The van der Waals surface area contributed by atoms with Crippen LogP contribution < -0.4 is 5.32 Å². The van der Waals surface area contributed by atoms with E-state index < -0.39 is 0 Å². The second kappa shape index (κ2) is 4.87. The van der Waals surface area contributed by atoms with E-state index in [4.69, 9.17) is 0 Å². The minimum absolute atomic E-state index is 0.0281. The third kappa shape index (κ3) is 2.66. The third-order valence-corrected chi connectivity index (χ3v) is 2.55. The summed E-state index contributed by atoms with van der Waals surface area (Å²) in [4.78, 5) is 16.0. The molecule has 1 aromatic heterocycles. The molecular formula is C14H14N2O2. The second-order valence-corrected chi connectivity index (χ2v) is 4.20. The molecule has 0 atom stereocenters. The van der Waals surface area contributed by atoms with Crippen molar-refractivity contribution in [3.63, 3.8) is 0 Å². The molecule has 0 spiro atoms. The van der Waals surface area contributed by atoms with Crippen LogP contribution in [-0.4, -0.2) is 16.0 Å². The molecule has 0 unspecified atom stereocenters. The van der Waals surface area contributed by atoms with Gasteiger partial charge in [-0.05, 0) is 43.2 Å². The fraction of sp³-hybridized carbons (Fsp3) is 0.143. The van der Waals surface area contributed by atoms with Gasteiger partial charge in [0.1, 0.15) is 11.6 Å². The fourth-order valence-corrected chi connectivity index (χ4v) is 1.56. The van der Waals surface area contributed by atoms with Gasteiger partial charge in [0.15, 0.2) is 0 Å². The molecule has 1 heterocycles. The molecular weight excluding hydrogens is 228 g/mol. The highest BCUT2D eigenvalue weighted by atomic mass is 16.3. The van der Waals surface area contributed by atoms with Crippen LogP contribution in [-0.2, 0) is 0 Å². The van der Waals surface area contributed by atoms with Gasteiger partial charge >= 0.3 is 0 Å². The van der Waals surface area contributed by atoms with Crippen molar-refractivity contribution in [3.8, 4) is 5.75 Å². The highest BCUT2D eigenvalue weighted by molar-refractivity contribution is 6.05. The number of nitrogens with zero attached hydrogens (tertiary/aromatic N) is 1. The van der Waals surface area contributed by atoms with Crippen molar-refractivity contribution >= 4 is 11.7 Å². The zero-order valence-corrected chi connectivity index (χ0v) is 10.3. The SMILES string of the molecule is Cc1ccc(NC(=O)c2ccc(C)cc2O)nc1. The maximum atomic E-state index is 11.9. The predicted octanol–water partition coefficient (Wildman–Crippen LogP) is 2.66. The number of aromatic hydroxyl groups is 1. The summed E-state index contributed by atoms with van der Waals surface area (Å²) in [5.41, 5.74) is 2.16. The lowest BCUT2D eigenvalue weighted by Gasteiger charge is -2.06. The molecule has 92 valence electrons. The number of hydrogen-bond acceptors (Lipinski definition) is 3. The van der Waals surface area contributed by atoms with Gasteiger partial charge in [-0.2, -0.15) is 0 Å². The van der Waals surface area contributed by atoms with E-state index in [2.05, 4.69) is 10.3 Å². The third-order valence-electron chi connectivity index (χ3n) is 2.55. The largest absolute Gasteiger partial charge is 0.507 e. The summed E-state index contributed by atoms with van der Waals surface area (Å²) >= 11 is 0. The number of hydrogen-bond donors (Lipinski definition) is 2. The molecule has 4 nitrogen and oxygen atoms in total. The van der Waals surface area contributed by atoms with Crippen molar-refractivity contribution < 1.29 is 9.90 Å². The number of aromatic nitrogens is 1. The van der Waals surface area contributed by atoms with Crippen LogP contribution in [0.5, 0.6) is 5.75 Å². The first-order chi connectivity index (χ1) is 8.56. The highest BCUT2D eigenvalue weighted by Gasteiger charge is 2.11. The number of carbonyl (C=O) groups is 1. The van der Waals surface area contributed by atoms with E-state index in [0.717, 1.165) is 11.1 Å². The van der Waals surface area contributed by atoms with Gasteiger partial charge in [-0.3, -0.25) is 4.79 Å². The number of rotatable bonds is 2. The summed E-state index contributed by atoms with van der Waals surface area (Å²) in [5, 5.41) is 12.3. The average Bonchev–Trinajstić information content (AvgIpc) is 2.32. The molecule has 0 aliphatic carbocycles. The predicted molar refractivity (Wildman–Crippen MR) is 69.8 cm³/mol. The van der Waals surface area contributed by atoms with E-state index >= 15 is 0 Å². The molecule has 0 saturated carbocycles. The molecule has 0 radical (unpaired) electrons. The molecule has 18 heavy (non-hydrogen) atoms. The van der Waals surface area contributed by atoms with Crippen LogP contribution >= 0.6 is 0 Å². The van der Waals surface area contributed by atoms with E-state index in [-0.39, 0.29) is 17.2 Å². The number of pyridine rings is 1. The number of phenols is 1. The van der Waals surface area contributed by atoms with Gasteiger partial charge in [0.25, 0.3) is 5.91 Å². The van der Waals surface area contributed by atoms with Crippen LogP contribution in [0.3, 0.4) is 0 Å². The molecule has 0 bridgehead atoms. The first-order valence-electron chi connectivity index (χ1n) is 5.60. The van der Waals surface area contributed by atoms with E-state index in [1.807, 2.05) is 19.9 Å². The Morgan fingerprint density at radius 3 is 2.50 bits per heavy atom. The summed E-state index contributed by atoms with van der Waals surface area (Å²) in [6.07, 6.45) is 1.67. The molecule has 1 amide bonds. The topological polar surface area (TPSA) is 62.2 Å². The molecule has 0 aliphatic heterocycles. The van der Waals surface area contributed by atoms with Gasteiger partial charge in [-0.25, -0.2) is 4.98 Å². The normalized spacial score (nSPS) is 10.1. The highest BCUT2D eigenvalue weighted by Crippen LogP contribution is 2.19. The number of anilines is 1. The van der Waals surface area contributed by atoms with Crippen LogP contribution in [0.25, 0.3) is 0 Å². The van der Waals surface area contributed by atoms with Gasteiger partial charge in [0.05, 0.1) is 5.56 Å². The standard InChI is InChI=1S/C14H14N2O2/c1-9-3-5-11(12(17)7-9)14(18)16-13-6-4-10(2)8-15-13/h3-8,17H,1-2H3,(H,15,16,18). The Hall–Kier alpha value is -2.36. The number of aryl methyl sites for hydroxylation is 2. The number of carbonyl (C=O) groups excluding carboxylic acids is 1. The molecule has 2 aromatic rings. The van der Waals surface area contributed by atoms with Crippen LogP contribution in [0, 0.1) is 13.8 Å². The van der Waals surface area contributed by atoms with Crippen LogP contribution in [0.15, 0.2) is 36.5 Å². The summed E-state index contributed by atoms with van der Waals surface area (Å²) in [7, 11) is 0. The van der Waals surface area contributed by atoms with Crippen molar-refractivity contribution in [2.45, 2.75) is 13.8 Å². The first kappa shape index (κ1) is 12.1. The molecule has 2 rings (SSSR count). The Balaban J connectivity index is 2.19. The molecule has 2 N–H and O–H groups in total. The van der Waals surface area contributed by atoms with Crippen molar-refractivity contribution in [2.75, 3.05) is 5.32 Å². The van der Waals surface area contributed by atoms with Gasteiger partial charge in [0, 0.05) is 6.20 Å². The van der Waals surface area contributed by atoms with Gasteiger partial charge in [0.2, 0.25) is 0 Å². The molecule has 0 fully saturated rings. The Morgan fingerprint density at radius 1 is 1.17 bits per heavy atom. The summed E-state index contributed by atoms with van der Waals surface area (Å²) in [6, 6.07) is 8.50. The lowest BCUT2D eigenvalue weighted by molar-refractivity contribution is 0.102. The van der Waals surface area contributed by atoms with E-state index in [9.17, 15) is 9.90 Å². The first-order valence-corrected chi connectivity index (χ1v) is 5.60. The van der Waals surface area contributed by atoms with E-state index in [0.29, 0.717) is 5.82 Å². The number of amides is 1. The Kier molecular flexibility index (Phi) is 3.28. The zero-order chi connectivity index (χ0) is 13.1. The number of phenolic OH excluding ortho intramolecular Hbond substituents is 1. The lowest BCUT2D eigenvalue weighted by atomic mass is 10.1. The van der Waals surface area contributed by atoms with Crippen molar-refractivity contribution in [3.05, 3.63) is 53.2 Å². The minimum atomic E-state index is -0.371. The number of benzene rings is 1. The molecule has 4 heteroatoms. The second-order valence-electron chi connectivity index (χ2n) is 4.20. The van der Waals surface area contributed by atoms with E-state index in [1.165, 1.54) is 0 Å². The maximum absolute atomic E-state index is 11.9. The molecule has 0 saturated heterocycles. The monoisotopic (exact) mass is 242 g/mol. The minimum Gasteiger partial charge on any atom is -0.507 e. The van der Waals surface area contributed by atoms with Gasteiger partial charge in [-0.15, -0.1) is 0 Å². The maximum Gasteiger partial charge on any atom is 0.260 e. The van der Waals surface area contributed by atoms with Crippen LogP contribution in [0.1, 0.15) is 21.5 Å². The Morgan fingerprint density at radius 2 is 1.89 bits per heavy atom. The van der Waals surface area contributed by atoms with Crippen LogP contribution in [0.2, 0.25) is 0 Å². The molecule has 0 aliphatic rings. The van der Waals surface area contributed by atoms with Gasteiger partial charge < -0.3 is 10.4 Å². The Labute approximate surface area is 105 Å². The lowest BCUT2D eigenvalue weighted by Crippen LogP contribution is -2.13. The summed E-state index contributed by atoms with van der Waals surface area (Å²) in [6.45, 7) is 3.77. The average molecular weight is 242 g/mol. The van der Waals surface area contributed by atoms with Crippen molar-refractivity contribution in [1.29, 1.82) is 0 Å². The Bertz CT molecular complexity index is 577. The summed E-state index contributed by atoms with van der Waals surface area (Å²) < 4.78 is 0. The number of nitrogens with one attached hydrogen (secondary N) is 1. The van der Waals surface area contributed by atoms with E-state index in [1.54, 1.807) is 30.5 Å². The smallest absolute Gasteiger partial charge is 0.260 e. The van der Waals surface area contributed by atoms with Gasteiger partial charge in [-0.1, -0.05) is 12.1 Å². The quantitative estimate of drug-likeness (QED) is 0.851. The van der Waals surface area contributed by atoms with Crippen LogP contribution in [0.4, 0.5) is 5.82 Å². The molecule has 1 aromatic carbocycles. The van der Waals surface area contributed by atoms with Crippen molar-refractivity contribution in [2.24, 2.45) is 0 Å². The van der Waals surface area contributed by atoms with Crippen molar-refractivity contribution in [1.82, 2.24) is 4.98 Å². The fourth-order valence-electron chi connectivity index (χ4n) is 1.56.